The number of benzene rings is 6. The minimum absolute atomic E-state index is 0. The van der Waals surface area contributed by atoms with Crippen molar-refractivity contribution >= 4 is 34.7 Å². The topological polar surface area (TPSA) is 134 Å². The van der Waals surface area contributed by atoms with Gasteiger partial charge in [0.25, 0.3) is 34.7 Å². The van der Waals surface area contributed by atoms with Gasteiger partial charge in [0.05, 0.1) is 0 Å². The van der Waals surface area contributed by atoms with Crippen molar-refractivity contribution in [3.63, 3.8) is 0 Å². The Labute approximate surface area is 334 Å². The van der Waals surface area contributed by atoms with Gasteiger partial charge in [-0.1, -0.05) is 36.4 Å². The molecule has 0 heterocycles. The van der Waals surface area contributed by atoms with Gasteiger partial charge >= 0.3 is 32.7 Å². The summed E-state index contributed by atoms with van der Waals surface area (Å²) >= 11 is 0. The predicted octanol–water partition coefficient (Wildman–Crippen LogP) is 8.04. The van der Waals surface area contributed by atoms with Crippen molar-refractivity contribution in [1.82, 2.24) is 0 Å². The zero-order valence-corrected chi connectivity index (χ0v) is 31.4. The summed E-state index contributed by atoms with van der Waals surface area (Å²) in [6.45, 7) is 0. The van der Waals surface area contributed by atoms with Crippen molar-refractivity contribution in [3.8, 4) is 0 Å². The van der Waals surface area contributed by atoms with Crippen LogP contribution in [-0.2, 0) is 32.7 Å². The summed E-state index contributed by atoms with van der Waals surface area (Å²) in [6, 6.07) is 52.5. The van der Waals surface area contributed by atoms with Crippen LogP contribution >= 0.6 is 0 Å². The van der Waals surface area contributed by atoms with Gasteiger partial charge in [0.1, 0.15) is 52.6 Å². The number of Topliss-reactive ketones (excluding diaryl/α,β-unsaturated/α-hetero) is 6. The Morgan fingerprint density at radius 2 is 0.358 bits per heavy atom. The molecule has 0 amide bonds. The fourth-order valence-electron chi connectivity index (χ4n) is 4.47. The van der Waals surface area contributed by atoms with E-state index in [1.165, 1.54) is 0 Å². The molecule has 254 valence electrons. The first-order valence-electron chi connectivity index (χ1n) is 15.9. The Morgan fingerprint density at radius 1 is 0.245 bits per heavy atom. The maximum Gasteiger partial charge on any atom is 3.00 e. The molecule has 0 saturated heterocycles. The van der Waals surface area contributed by atoms with Gasteiger partial charge in [-0.15, -0.1) is 0 Å². The number of carbonyl (C=O) groups is 6. The van der Waals surface area contributed by atoms with Gasteiger partial charge < -0.3 is 5.48 Å². The minimum atomic E-state index is -0.264. The molecule has 0 radical (unpaired) electrons. The fraction of sp³-hybridized carbons (Fsp3) is 0. The van der Waals surface area contributed by atoms with E-state index >= 15 is 0 Å². The van der Waals surface area contributed by atoms with Crippen LogP contribution in [0.25, 0.3) is 0 Å². The molecule has 6 aromatic carbocycles. The molecule has 6 rings (SSSR count). The van der Waals surface area contributed by atoms with Crippen LogP contribution in [0.3, 0.4) is 0 Å². The number of hydrogen-bond acceptors (Lipinski definition) is 6. The van der Waals surface area contributed by atoms with E-state index in [0.29, 0.717) is 33.4 Å². The summed E-state index contributed by atoms with van der Waals surface area (Å²) in [5, 5.41) is 0. The van der Waals surface area contributed by atoms with Gasteiger partial charge in [-0.25, -0.2) is 0 Å². The molecule has 0 aromatic heterocycles. The Hall–Kier alpha value is -5.99. The maximum atomic E-state index is 11.8. The molecule has 53 heavy (non-hydrogen) atoms. The third-order valence-corrected chi connectivity index (χ3v) is 7.14. The number of carbonyl (C=O) groups excluding carboxylic acids is 6. The molecule has 0 fully saturated rings. The van der Waals surface area contributed by atoms with Gasteiger partial charge in [-0.2, -0.15) is 0 Å². The first-order valence-corrected chi connectivity index (χ1v) is 15.9. The minimum Gasteiger partial charge on any atom is -0.412 e. The van der Waals surface area contributed by atoms with Crippen molar-refractivity contribution in [3.05, 3.63) is 235 Å². The predicted molar refractivity (Wildman–Crippen MR) is 201 cm³/mol. The van der Waals surface area contributed by atoms with Crippen LogP contribution in [0, 0.1) is 19.3 Å². The van der Waals surface area contributed by atoms with E-state index in [2.05, 4.69) is 0 Å². The Morgan fingerprint density at radius 3 is 0.472 bits per heavy atom. The number of ketones is 6. The molecular formula is C45H35O7Y+6. The molecule has 8 heteroatoms. The molecule has 6 aromatic rings. The molecule has 0 saturated carbocycles. The van der Waals surface area contributed by atoms with E-state index < -0.39 is 0 Å². The Balaban J connectivity index is 0.000000270. The van der Waals surface area contributed by atoms with Crippen LogP contribution in [0.5, 0.6) is 0 Å². The summed E-state index contributed by atoms with van der Waals surface area (Å²) in [5.41, 5.74) is 3.15. The molecule has 0 bridgehead atoms. The third-order valence-electron chi connectivity index (χ3n) is 7.14. The molecule has 0 aliphatic rings. The van der Waals surface area contributed by atoms with E-state index in [-0.39, 0.29) is 72.9 Å². The second-order valence-corrected chi connectivity index (χ2v) is 10.8. The van der Waals surface area contributed by atoms with Crippen LogP contribution in [0.2, 0.25) is 0 Å². The Kier molecular flexibility index (Phi) is 19.1. The monoisotopic (exact) mass is 776 g/mol. The molecule has 0 unspecified atom stereocenters. The average molecular weight is 777 g/mol. The smallest absolute Gasteiger partial charge is 0.412 e. The maximum absolute atomic E-state index is 11.8. The number of rotatable bonds is 12. The Bertz CT molecular complexity index is 1650. The summed E-state index contributed by atoms with van der Waals surface area (Å²) in [5.74, 6) is -1.59. The second-order valence-electron chi connectivity index (χ2n) is 10.8. The molecule has 0 aliphatic heterocycles. The van der Waals surface area contributed by atoms with Crippen molar-refractivity contribution in [2.45, 2.75) is 0 Å². The van der Waals surface area contributed by atoms with E-state index in [4.69, 9.17) is 0 Å². The molecule has 7 nitrogen and oxygen atoms in total. The van der Waals surface area contributed by atoms with Crippen LogP contribution < -0.4 is 0 Å². The fourth-order valence-corrected chi connectivity index (χ4v) is 4.47. The average Bonchev–Trinajstić information content (AvgIpc) is 3.20. The first-order chi connectivity index (χ1) is 24.8. The molecule has 0 spiro atoms. The summed E-state index contributed by atoms with van der Waals surface area (Å²) in [7, 11) is 0. The van der Waals surface area contributed by atoms with Crippen LogP contribution in [0.1, 0.15) is 62.1 Å². The van der Waals surface area contributed by atoms with E-state index in [9.17, 15) is 28.8 Å². The zero-order valence-electron chi connectivity index (χ0n) is 28.6. The second kappa shape index (κ2) is 23.5. The van der Waals surface area contributed by atoms with Gasteiger partial charge in [0.2, 0.25) is 0 Å². The van der Waals surface area contributed by atoms with Crippen LogP contribution in [-0.4, -0.2) is 40.2 Å². The summed E-state index contributed by atoms with van der Waals surface area (Å²) in [4.78, 5) is 70.5. The van der Waals surface area contributed by atoms with Crippen molar-refractivity contribution in [2.24, 2.45) is 0 Å². The third kappa shape index (κ3) is 14.6. The number of hydrogen-bond donors (Lipinski definition) is 0. The van der Waals surface area contributed by atoms with Crippen molar-refractivity contribution < 1.29 is 67.0 Å². The molecule has 0 atom stereocenters. The van der Waals surface area contributed by atoms with Crippen LogP contribution in [0.15, 0.2) is 182 Å². The molecule has 0 aliphatic carbocycles. The molecular weight excluding hydrogens is 741 g/mol. The van der Waals surface area contributed by atoms with Gasteiger partial charge in [0, 0.05) is 72.8 Å². The summed E-state index contributed by atoms with van der Waals surface area (Å²) < 4.78 is 0. The van der Waals surface area contributed by atoms with Crippen LogP contribution in [0.4, 0.5) is 0 Å². The van der Waals surface area contributed by atoms with E-state index in [0.717, 1.165) is 19.3 Å². The normalized spacial score (nSPS) is 9.28. The standard InChI is InChI=1S/3C15H11O2.H2O.Y/c3*16-14(12-7-3-1-4-8-12)11-15(17)13-9-5-2-6-10-13;;/h3*1-11H;1H2;/q3*+1;;+3. The van der Waals surface area contributed by atoms with Gasteiger partial charge in [-0.05, 0) is 72.8 Å². The van der Waals surface area contributed by atoms with Crippen molar-refractivity contribution in [1.29, 1.82) is 0 Å². The summed E-state index contributed by atoms with van der Waals surface area (Å²) in [6.07, 6.45) is 3.39. The van der Waals surface area contributed by atoms with Crippen molar-refractivity contribution in [2.75, 3.05) is 0 Å². The van der Waals surface area contributed by atoms with E-state index in [1.807, 2.05) is 36.4 Å². The first kappa shape index (κ1) is 43.2. The SMILES string of the molecule is O.O=C([CH+]C(=O)c1ccccc1)c1ccccc1.O=C([CH+]C(=O)c1ccccc1)c1ccccc1.O=C([CH+]C(=O)c1ccccc1)c1ccccc1.[Y+3]. The quantitative estimate of drug-likeness (QED) is 0.0702. The van der Waals surface area contributed by atoms with Gasteiger partial charge in [0.15, 0.2) is 0 Å². The zero-order chi connectivity index (χ0) is 36.3. The largest absolute Gasteiger partial charge is 3.00 e. The van der Waals surface area contributed by atoms with Gasteiger partial charge in [-0.3, -0.25) is 28.8 Å². The van der Waals surface area contributed by atoms with E-state index in [1.54, 1.807) is 146 Å². The molecule has 2 N–H and O–H groups in total.